The van der Waals surface area contributed by atoms with Gasteiger partial charge in [0.25, 0.3) is 5.91 Å². The van der Waals surface area contributed by atoms with Crippen molar-refractivity contribution in [3.63, 3.8) is 0 Å². The Balaban J connectivity index is 2.85. The van der Waals surface area contributed by atoms with Crippen molar-refractivity contribution in [2.45, 2.75) is 19.1 Å². The van der Waals surface area contributed by atoms with E-state index in [1.54, 1.807) is 6.07 Å². The summed E-state index contributed by atoms with van der Waals surface area (Å²) in [6.45, 7) is 1.26. The zero-order valence-electron chi connectivity index (χ0n) is 9.12. The van der Waals surface area contributed by atoms with Gasteiger partial charge in [-0.25, -0.2) is 9.78 Å². The fraction of sp³-hybridized carbons (Fsp3) is 0.300. The predicted octanol–water partition coefficient (Wildman–Crippen LogP) is -0.772. The minimum Gasteiger partial charge on any atom is -0.480 e. The van der Waals surface area contributed by atoms with Crippen molar-refractivity contribution in [2.24, 2.45) is 0 Å². The molecule has 0 bridgehead atoms. The summed E-state index contributed by atoms with van der Waals surface area (Å²) in [4.78, 5) is 26.2. The van der Waals surface area contributed by atoms with Crippen LogP contribution in [0.4, 0.5) is 5.69 Å². The average Bonchev–Trinajstić information content (AvgIpc) is 2.25. The number of amides is 1. The molecule has 7 heteroatoms. The highest BCUT2D eigenvalue weighted by Gasteiger charge is 2.26. The lowest BCUT2D eigenvalue weighted by molar-refractivity contribution is -0.141. The average molecular weight is 239 g/mol. The molecular formula is C10H13N3O4. The van der Waals surface area contributed by atoms with Crippen LogP contribution < -0.4 is 11.1 Å². The highest BCUT2D eigenvalue weighted by Crippen LogP contribution is 2.07. The zero-order valence-corrected chi connectivity index (χ0v) is 9.12. The topological polar surface area (TPSA) is 126 Å². The first-order valence-corrected chi connectivity index (χ1v) is 4.85. The number of pyridine rings is 1. The third kappa shape index (κ3) is 3.15. The monoisotopic (exact) mass is 239 g/mol. The van der Waals surface area contributed by atoms with Gasteiger partial charge in [-0.2, -0.15) is 0 Å². The van der Waals surface area contributed by atoms with Crippen LogP contribution in [-0.2, 0) is 4.79 Å². The first-order chi connectivity index (χ1) is 7.93. The summed E-state index contributed by atoms with van der Waals surface area (Å²) in [5, 5.41) is 20.1. The number of carbonyl (C=O) groups excluding carboxylic acids is 1. The van der Waals surface area contributed by atoms with Gasteiger partial charge < -0.3 is 21.3 Å². The largest absolute Gasteiger partial charge is 0.480 e. The smallest absolute Gasteiger partial charge is 0.328 e. The van der Waals surface area contributed by atoms with Crippen molar-refractivity contribution < 1.29 is 19.8 Å². The van der Waals surface area contributed by atoms with E-state index in [0.29, 0.717) is 0 Å². The molecule has 92 valence electrons. The second-order valence-corrected chi connectivity index (χ2v) is 3.47. The van der Waals surface area contributed by atoms with Crippen molar-refractivity contribution >= 4 is 17.6 Å². The Bertz CT molecular complexity index is 433. The van der Waals surface area contributed by atoms with Crippen LogP contribution in [0.25, 0.3) is 0 Å². The molecule has 5 N–H and O–H groups in total. The van der Waals surface area contributed by atoms with Crippen LogP contribution in [0.5, 0.6) is 0 Å². The lowest BCUT2D eigenvalue weighted by Crippen LogP contribution is -2.47. The maximum Gasteiger partial charge on any atom is 0.328 e. The molecule has 7 nitrogen and oxygen atoms in total. The van der Waals surface area contributed by atoms with E-state index in [9.17, 15) is 14.7 Å². The fourth-order valence-electron chi connectivity index (χ4n) is 1.21. The van der Waals surface area contributed by atoms with E-state index < -0.39 is 24.0 Å². The predicted molar refractivity (Wildman–Crippen MR) is 59.2 cm³/mol. The van der Waals surface area contributed by atoms with Crippen LogP contribution in [0.1, 0.15) is 17.4 Å². The van der Waals surface area contributed by atoms with Crippen LogP contribution >= 0.6 is 0 Å². The molecule has 0 radical (unpaired) electrons. The molecule has 0 saturated heterocycles. The van der Waals surface area contributed by atoms with Crippen LogP contribution in [0, 0.1) is 0 Å². The number of hydrogen-bond donors (Lipinski definition) is 4. The number of rotatable bonds is 4. The summed E-state index contributed by atoms with van der Waals surface area (Å²) in [6.07, 6.45) is 0.144. The van der Waals surface area contributed by atoms with Gasteiger partial charge in [-0.1, -0.05) is 0 Å². The van der Waals surface area contributed by atoms with Gasteiger partial charge in [0.1, 0.15) is 0 Å². The molecule has 0 aromatic carbocycles. The molecule has 1 amide bonds. The summed E-state index contributed by atoms with van der Waals surface area (Å²) >= 11 is 0. The standard InChI is InChI=1S/C10H13N3O4/c1-5(14)7(10(16)17)13-9(15)8-6(11)3-2-4-12-8/h2-5,7,14H,11H2,1H3,(H,13,15)(H,16,17). The molecule has 1 aromatic rings. The minimum absolute atomic E-state index is 0.0700. The number of nitrogens with zero attached hydrogens (tertiary/aromatic N) is 1. The Labute approximate surface area is 97.3 Å². The number of aliphatic hydroxyl groups is 1. The third-order valence-corrected chi connectivity index (χ3v) is 2.09. The molecule has 2 unspecified atom stereocenters. The quantitative estimate of drug-likeness (QED) is 0.546. The van der Waals surface area contributed by atoms with Crippen molar-refractivity contribution in [3.8, 4) is 0 Å². The van der Waals surface area contributed by atoms with Crippen molar-refractivity contribution in [3.05, 3.63) is 24.0 Å². The van der Waals surface area contributed by atoms with Gasteiger partial charge in [-0.05, 0) is 19.1 Å². The SMILES string of the molecule is CC(O)C(NC(=O)c1ncccc1N)C(=O)O. The van der Waals surface area contributed by atoms with Gasteiger partial charge in [-0.3, -0.25) is 4.79 Å². The minimum atomic E-state index is -1.40. The third-order valence-electron chi connectivity index (χ3n) is 2.09. The van der Waals surface area contributed by atoms with E-state index >= 15 is 0 Å². The Morgan fingerprint density at radius 2 is 2.18 bits per heavy atom. The van der Waals surface area contributed by atoms with E-state index in [2.05, 4.69) is 10.3 Å². The number of aliphatic carboxylic acids is 1. The number of aromatic nitrogens is 1. The maximum atomic E-state index is 11.7. The first-order valence-electron chi connectivity index (χ1n) is 4.85. The highest BCUT2D eigenvalue weighted by atomic mass is 16.4. The summed E-state index contributed by atoms with van der Waals surface area (Å²) in [6, 6.07) is 1.62. The van der Waals surface area contributed by atoms with Crippen molar-refractivity contribution in [1.29, 1.82) is 0 Å². The molecular weight excluding hydrogens is 226 g/mol. The number of aliphatic hydroxyl groups excluding tert-OH is 1. The summed E-state index contributed by atoms with van der Waals surface area (Å²) < 4.78 is 0. The van der Waals surface area contributed by atoms with E-state index in [-0.39, 0.29) is 11.4 Å². The first kappa shape index (κ1) is 12.9. The molecule has 2 atom stereocenters. The van der Waals surface area contributed by atoms with Crippen LogP contribution in [0.2, 0.25) is 0 Å². The lowest BCUT2D eigenvalue weighted by atomic mass is 10.1. The van der Waals surface area contributed by atoms with Gasteiger partial charge >= 0.3 is 5.97 Å². The van der Waals surface area contributed by atoms with Crippen LogP contribution in [-0.4, -0.2) is 39.2 Å². The van der Waals surface area contributed by atoms with Gasteiger partial charge in [0.05, 0.1) is 11.8 Å². The molecule has 0 aliphatic heterocycles. The summed E-state index contributed by atoms with van der Waals surface area (Å²) in [7, 11) is 0. The van der Waals surface area contributed by atoms with E-state index in [4.69, 9.17) is 10.8 Å². The molecule has 0 saturated carbocycles. The van der Waals surface area contributed by atoms with Gasteiger partial charge in [-0.15, -0.1) is 0 Å². The van der Waals surface area contributed by atoms with Crippen LogP contribution in [0.15, 0.2) is 18.3 Å². The van der Waals surface area contributed by atoms with Crippen molar-refractivity contribution in [2.75, 3.05) is 5.73 Å². The zero-order chi connectivity index (χ0) is 13.0. The van der Waals surface area contributed by atoms with E-state index in [1.807, 2.05) is 0 Å². The molecule has 0 aliphatic carbocycles. The number of nitrogen functional groups attached to an aromatic ring is 1. The van der Waals surface area contributed by atoms with Crippen LogP contribution in [0.3, 0.4) is 0 Å². The summed E-state index contributed by atoms with van der Waals surface area (Å²) in [5.74, 6) is -2.07. The highest BCUT2D eigenvalue weighted by molar-refractivity contribution is 5.99. The summed E-state index contributed by atoms with van der Waals surface area (Å²) in [5.41, 5.74) is 5.58. The van der Waals surface area contributed by atoms with Gasteiger partial charge in [0, 0.05) is 6.20 Å². The van der Waals surface area contributed by atoms with Crippen molar-refractivity contribution in [1.82, 2.24) is 10.3 Å². The number of carboxylic acid groups (broad SMARTS) is 1. The number of carboxylic acids is 1. The Kier molecular flexibility index (Phi) is 4.00. The normalized spacial score (nSPS) is 13.8. The fourth-order valence-corrected chi connectivity index (χ4v) is 1.21. The number of nitrogens with one attached hydrogen (secondary N) is 1. The maximum absolute atomic E-state index is 11.7. The Hall–Kier alpha value is -2.15. The second kappa shape index (κ2) is 5.26. The molecule has 0 aliphatic rings. The molecule has 1 rings (SSSR count). The molecule has 1 aromatic heterocycles. The van der Waals surface area contributed by atoms with E-state index in [0.717, 1.165) is 0 Å². The number of carbonyl (C=O) groups is 2. The Morgan fingerprint density at radius 3 is 2.65 bits per heavy atom. The van der Waals surface area contributed by atoms with Gasteiger partial charge in [0.15, 0.2) is 11.7 Å². The molecule has 17 heavy (non-hydrogen) atoms. The molecule has 0 spiro atoms. The lowest BCUT2D eigenvalue weighted by Gasteiger charge is -2.17. The number of anilines is 1. The number of hydrogen-bond acceptors (Lipinski definition) is 5. The van der Waals surface area contributed by atoms with E-state index in [1.165, 1.54) is 19.2 Å². The van der Waals surface area contributed by atoms with Gasteiger partial charge in [0.2, 0.25) is 0 Å². The Morgan fingerprint density at radius 1 is 1.53 bits per heavy atom. The number of nitrogens with two attached hydrogens (primary N) is 1. The molecule has 0 fully saturated rings. The molecule has 1 heterocycles. The second-order valence-electron chi connectivity index (χ2n) is 3.47.